The Morgan fingerprint density at radius 1 is 1.19 bits per heavy atom. The van der Waals surface area contributed by atoms with Crippen LogP contribution in [-0.2, 0) is 11.0 Å². The lowest BCUT2D eigenvalue weighted by atomic mass is 10.0. The predicted octanol–water partition coefficient (Wildman–Crippen LogP) is 3.81. The molecule has 1 N–H and O–H groups in total. The first-order valence-corrected chi connectivity index (χ1v) is 6.74. The molecule has 6 heteroatoms. The summed E-state index contributed by atoms with van der Waals surface area (Å²) in [6.45, 7) is 6.16. The van der Waals surface area contributed by atoms with E-state index in [9.17, 15) is 18.0 Å². The number of rotatable bonds is 6. The van der Waals surface area contributed by atoms with Crippen LogP contribution in [0.5, 0.6) is 0 Å². The van der Waals surface area contributed by atoms with Gasteiger partial charge in [-0.1, -0.05) is 26.0 Å². The van der Waals surface area contributed by atoms with Gasteiger partial charge in [0.2, 0.25) is 0 Å². The van der Waals surface area contributed by atoms with E-state index in [1.54, 1.807) is 11.8 Å². The molecule has 0 heterocycles. The first-order chi connectivity index (χ1) is 9.61. The third-order valence-corrected chi connectivity index (χ3v) is 3.21. The monoisotopic (exact) mass is 303 g/mol. The van der Waals surface area contributed by atoms with E-state index in [4.69, 9.17) is 5.11 Å². The van der Waals surface area contributed by atoms with Crippen molar-refractivity contribution in [3.63, 3.8) is 0 Å². The Bertz CT molecular complexity index is 469. The molecular weight excluding hydrogens is 283 g/mol. The fourth-order valence-corrected chi connectivity index (χ4v) is 2.16. The molecule has 0 amide bonds. The number of nitrogens with zero attached hydrogens (tertiary/aromatic N) is 1. The fraction of sp³-hybridized carbons (Fsp3) is 0.533. The van der Waals surface area contributed by atoms with E-state index in [1.807, 2.05) is 13.8 Å². The maximum Gasteiger partial charge on any atom is 0.416 e. The molecule has 1 atom stereocenters. The zero-order valence-corrected chi connectivity index (χ0v) is 12.3. The minimum absolute atomic E-state index is 0.139. The summed E-state index contributed by atoms with van der Waals surface area (Å²) in [4.78, 5) is 12.7. The Labute approximate surface area is 122 Å². The van der Waals surface area contributed by atoms with Crippen molar-refractivity contribution in [3.05, 3.63) is 35.4 Å². The number of halogens is 3. The third kappa shape index (κ3) is 5.38. The summed E-state index contributed by atoms with van der Waals surface area (Å²) >= 11 is 0. The van der Waals surface area contributed by atoms with E-state index < -0.39 is 17.7 Å². The van der Waals surface area contributed by atoms with Crippen molar-refractivity contribution in [1.82, 2.24) is 4.90 Å². The van der Waals surface area contributed by atoms with Crippen LogP contribution in [0, 0.1) is 5.92 Å². The first kappa shape index (κ1) is 17.5. The fourth-order valence-electron chi connectivity index (χ4n) is 2.16. The van der Waals surface area contributed by atoms with Crippen molar-refractivity contribution in [2.24, 2.45) is 5.92 Å². The molecule has 0 radical (unpaired) electrons. The number of aliphatic carboxylic acids is 1. The molecule has 21 heavy (non-hydrogen) atoms. The molecular formula is C15H20F3NO2. The second-order valence-corrected chi connectivity index (χ2v) is 5.51. The summed E-state index contributed by atoms with van der Waals surface area (Å²) in [6, 6.07) is 4.61. The number of benzene rings is 1. The van der Waals surface area contributed by atoms with E-state index in [2.05, 4.69) is 0 Å². The van der Waals surface area contributed by atoms with Crippen molar-refractivity contribution >= 4 is 5.97 Å². The van der Waals surface area contributed by atoms with E-state index >= 15 is 0 Å². The van der Waals surface area contributed by atoms with Gasteiger partial charge >= 0.3 is 12.1 Å². The van der Waals surface area contributed by atoms with Crippen molar-refractivity contribution in [3.8, 4) is 0 Å². The normalized spacial score (nSPS) is 13.7. The van der Waals surface area contributed by atoms with Crippen LogP contribution in [0.4, 0.5) is 13.2 Å². The van der Waals surface area contributed by atoms with Gasteiger partial charge < -0.3 is 5.11 Å². The van der Waals surface area contributed by atoms with Gasteiger partial charge in [0.1, 0.15) is 0 Å². The molecule has 1 unspecified atom stereocenters. The lowest BCUT2D eigenvalue weighted by molar-refractivity contribution is -0.139. The third-order valence-electron chi connectivity index (χ3n) is 3.21. The molecule has 118 valence electrons. The van der Waals surface area contributed by atoms with Crippen molar-refractivity contribution in [1.29, 1.82) is 0 Å². The molecule has 1 aromatic rings. The summed E-state index contributed by atoms with van der Waals surface area (Å²) < 4.78 is 37.6. The number of hydrogen-bond donors (Lipinski definition) is 1. The molecule has 0 fully saturated rings. The molecule has 0 saturated heterocycles. The number of alkyl halides is 3. The molecule has 0 saturated carbocycles. The smallest absolute Gasteiger partial charge is 0.416 e. The first-order valence-electron chi connectivity index (χ1n) is 6.74. The maximum atomic E-state index is 12.5. The summed E-state index contributed by atoms with van der Waals surface area (Å²) in [6.07, 6.45) is -4.36. The number of carboxylic acids is 1. The Morgan fingerprint density at radius 2 is 1.71 bits per heavy atom. The highest BCUT2D eigenvalue weighted by Crippen LogP contribution is 2.30. The lowest BCUT2D eigenvalue weighted by Gasteiger charge is -2.29. The van der Waals surface area contributed by atoms with Gasteiger partial charge in [-0.25, -0.2) is 0 Å². The number of carbonyl (C=O) groups is 1. The lowest BCUT2D eigenvalue weighted by Crippen LogP contribution is -2.35. The Kier molecular flexibility index (Phi) is 5.78. The van der Waals surface area contributed by atoms with Crippen molar-refractivity contribution in [2.45, 2.75) is 33.0 Å². The van der Waals surface area contributed by atoms with Gasteiger partial charge in [-0.2, -0.15) is 13.2 Å². The largest absolute Gasteiger partial charge is 0.480 e. The van der Waals surface area contributed by atoms with Crippen molar-refractivity contribution in [2.75, 3.05) is 13.1 Å². The van der Waals surface area contributed by atoms with Gasteiger partial charge in [-0.05, 0) is 30.5 Å². The molecule has 0 aliphatic rings. The summed E-state index contributed by atoms with van der Waals surface area (Å²) in [7, 11) is 0. The minimum atomic E-state index is -4.36. The van der Waals surface area contributed by atoms with Crippen LogP contribution in [-0.4, -0.2) is 29.1 Å². The molecule has 0 aliphatic heterocycles. The highest BCUT2D eigenvalue weighted by Gasteiger charge is 2.30. The van der Waals surface area contributed by atoms with Crippen LogP contribution in [0.3, 0.4) is 0 Å². The number of carboxylic acid groups (broad SMARTS) is 1. The quantitative estimate of drug-likeness (QED) is 0.869. The van der Waals surface area contributed by atoms with E-state index in [0.29, 0.717) is 12.1 Å². The molecule has 3 nitrogen and oxygen atoms in total. The van der Waals surface area contributed by atoms with E-state index in [0.717, 1.165) is 12.1 Å². The molecule has 1 rings (SSSR count). The van der Waals surface area contributed by atoms with Gasteiger partial charge in [0, 0.05) is 12.6 Å². The van der Waals surface area contributed by atoms with Gasteiger partial charge in [0.25, 0.3) is 0 Å². The van der Waals surface area contributed by atoms with Gasteiger partial charge in [0.05, 0.1) is 12.1 Å². The van der Waals surface area contributed by atoms with Crippen LogP contribution < -0.4 is 0 Å². The second kappa shape index (κ2) is 6.93. The molecule has 0 aromatic heterocycles. The van der Waals surface area contributed by atoms with Gasteiger partial charge in [-0.15, -0.1) is 0 Å². The molecule has 1 aromatic carbocycles. The van der Waals surface area contributed by atoms with E-state index in [1.165, 1.54) is 12.1 Å². The zero-order chi connectivity index (χ0) is 16.2. The summed E-state index contributed by atoms with van der Waals surface area (Å²) in [5.41, 5.74) is -0.0306. The summed E-state index contributed by atoms with van der Waals surface area (Å²) in [5, 5.41) is 8.95. The Morgan fingerprint density at radius 3 is 2.10 bits per heavy atom. The molecule has 0 aliphatic carbocycles. The van der Waals surface area contributed by atoms with E-state index in [-0.39, 0.29) is 18.5 Å². The topological polar surface area (TPSA) is 40.5 Å². The highest BCUT2D eigenvalue weighted by molar-refractivity contribution is 5.69. The van der Waals surface area contributed by atoms with Crippen LogP contribution in [0.25, 0.3) is 0 Å². The van der Waals surface area contributed by atoms with Gasteiger partial charge in [0.15, 0.2) is 0 Å². The van der Waals surface area contributed by atoms with Crippen molar-refractivity contribution < 1.29 is 23.1 Å². The highest BCUT2D eigenvalue weighted by atomic mass is 19.4. The van der Waals surface area contributed by atoms with Crippen LogP contribution in [0.1, 0.15) is 37.9 Å². The molecule has 0 spiro atoms. The minimum Gasteiger partial charge on any atom is -0.480 e. The average molecular weight is 303 g/mol. The number of hydrogen-bond acceptors (Lipinski definition) is 2. The predicted molar refractivity (Wildman–Crippen MR) is 73.9 cm³/mol. The van der Waals surface area contributed by atoms with Crippen LogP contribution >= 0.6 is 0 Å². The second-order valence-electron chi connectivity index (χ2n) is 5.51. The molecule has 0 bridgehead atoms. The van der Waals surface area contributed by atoms with Gasteiger partial charge in [-0.3, -0.25) is 9.69 Å². The Balaban J connectivity index is 2.92. The Hall–Kier alpha value is -1.56. The SMILES string of the molecule is CC(C)CN(CC(=O)O)C(C)c1ccc(C(F)(F)F)cc1. The summed E-state index contributed by atoms with van der Waals surface area (Å²) in [5.74, 6) is -0.685. The standard InChI is InChI=1S/C15H20F3NO2/c1-10(2)8-19(9-14(20)21)11(3)12-4-6-13(7-5-12)15(16,17)18/h4-7,10-11H,8-9H2,1-3H3,(H,20,21). The average Bonchev–Trinajstić information content (AvgIpc) is 2.35. The van der Waals surface area contributed by atoms with Crippen LogP contribution in [0.15, 0.2) is 24.3 Å². The van der Waals surface area contributed by atoms with Crippen LogP contribution in [0.2, 0.25) is 0 Å². The maximum absolute atomic E-state index is 12.5. The zero-order valence-electron chi connectivity index (χ0n) is 12.3.